The third-order valence-corrected chi connectivity index (χ3v) is 4.67. The van der Waals surface area contributed by atoms with Crippen LogP contribution >= 0.6 is 0 Å². The van der Waals surface area contributed by atoms with Crippen molar-refractivity contribution in [3.63, 3.8) is 0 Å². The van der Waals surface area contributed by atoms with Crippen LogP contribution in [0, 0.1) is 13.8 Å². The van der Waals surface area contributed by atoms with Crippen molar-refractivity contribution in [1.29, 1.82) is 0 Å². The third-order valence-electron chi connectivity index (χ3n) is 4.67. The van der Waals surface area contributed by atoms with E-state index in [0.717, 1.165) is 19.3 Å². The summed E-state index contributed by atoms with van der Waals surface area (Å²) in [7, 11) is 2.08. The molecular formula is C20H28N2O. The van der Waals surface area contributed by atoms with Crippen LogP contribution in [-0.2, 0) is 31.1 Å². The molecule has 3 heteroatoms. The molecule has 1 aromatic carbocycles. The van der Waals surface area contributed by atoms with Crippen LogP contribution in [0.2, 0.25) is 0 Å². The van der Waals surface area contributed by atoms with Crippen LogP contribution in [0.5, 0.6) is 0 Å². The first-order valence-corrected chi connectivity index (χ1v) is 8.47. The summed E-state index contributed by atoms with van der Waals surface area (Å²) in [6.07, 6.45) is 3.31. The number of carbonyl (C=O) groups is 1. The molecule has 23 heavy (non-hydrogen) atoms. The summed E-state index contributed by atoms with van der Waals surface area (Å²) in [5.74, 6) is 0.134. The number of carbonyl (C=O) groups excluding carboxylic acids is 1. The largest absolute Gasteiger partial charge is 0.356 e. The minimum atomic E-state index is 0.134. The van der Waals surface area contributed by atoms with Crippen molar-refractivity contribution in [3.05, 3.63) is 58.4 Å². The molecule has 0 aliphatic carbocycles. The minimum absolute atomic E-state index is 0.134. The fourth-order valence-corrected chi connectivity index (χ4v) is 2.81. The van der Waals surface area contributed by atoms with E-state index in [1.807, 2.05) is 0 Å². The van der Waals surface area contributed by atoms with E-state index in [4.69, 9.17) is 0 Å². The Morgan fingerprint density at radius 1 is 1.09 bits per heavy atom. The van der Waals surface area contributed by atoms with Crippen molar-refractivity contribution in [2.45, 2.75) is 46.5 Å². The molecule has 0 unspecified atom stereocenters. The standard InChI is InChI=1S/C20H28N2O/c1-5-17-6-8-18(9-7-17)10-11-20(23)21-13-12-19-14-15(2)22(4)16(19)3/h6-9,14H,5,10-13H2,1-4H3,(H,21,23). The van der Waals surface area contributed by atoms with Gasteiger partial charge in [0.15, 0.2) is 0 Å². The average molecular weight is 312 g/mol. The number of benzene rings is 1. The van der Waals surface area contributed by atoms with E-state index in [9.17, 15) is 4.79 Å². The lowest BCUT2D eigenvalue weighted by Crippen LogP contribution is -2.26. The van der Waals surface area contributed by atoms with Crippen LogP contribution in [0.15, 0.2) is 30.3 Å². The summed E-state index contributed by atoms with van der Waals surface area (Å²) >= 11 is 0. The van der Waals surface area contributed by atoms with Crippen LogP contribution in [-0.4, -0.2) is 17.0 Å². The summed E-state index contributed by atoms with van der Waals surface area (Å²) in [6, 6.07) is 10.8. The molecule has 0 aliphatic heterocycles. The maximum absolute atomic E-state index is 12.0. The molecule has 124 valence electrons. The van der Waals surface area contributed by atoms with Crippen molar-refractivity contribution in [2.75, 3.05) is 6.54 Å². The van der Waals surface area contributed by atoms with Gasteiger partial charge in [0, 0.05) is 31.4 Å². The summed E-state index contributed by atoms with van der Waals surface area (Å²) in [6.45, 7) is 7.10. The highest BCUT2D eigenvalue weighted by Crippen LogP contribution is 2.13. The van der Waals surface area contributed by atoms with Crippen LogP contribution in [0.25, 0.3) is 0 Å². The lowest BCUT2D eigenvalue weighted by atomic mass is 10.1. The van der Waals surface area contributed by atoms with Gasteiger partial charge in [0.1, 0.15) is 0 Å². The molecule has 0 fully saturated rings. The van der Waals surface area contributed by atoms with E-state index in [1.165, 1.54) is 28.1 Å². The molecule has 0 saturated carbocycles. The van der Waals surface area contributed by atoms with Gasteiger partial charge in [-0.1, -0.05) is 31.2 Å². The fourth-order valence-electron chi connectivity index (χ4n) is 2.81. The van der Waals surface area contributed by atoms with Crippen molar-refractivity contribution in [3.8, 4) is 0 Å². The van der Waals surface area contributed by atoms with Gasteiger partial charge in [0.2, 0.25) is 5.91 Å². The third kappa shape index (κ3) is 4.72. The maximum atomic E-state index is 12.0. The number of aryl methyl sites for hydroxylation is 3. The predicted molar refractivity (Wildman–Crippen MR) is 95.7 cm³/mol. The van der Waals surface area contributed by atoms with Gasteiger partial charge in [-0.05, 0) is 55.9 Å². The molecule has 2 aromatic rings. The Bertz CT molecular complexity index is 653. The number of hydrogen-bond acceptors (Lipinski definition) is 1. The number of nitrogens with one attached hydrogen (secondary N) is 1. The Kier molecular flexibility index (Phi) is 6.03. The number of hydrogen-bond donors (Lipinski definition) is 1. The molecule has 1 aromatic heterocycles. The second-order valence-corrected chi connectivity index (χ2v) is 6.23. The quantitative estimate of drug-likeness (QED) is 0.834. The monoisotopic (exact) mass is 312 g/mol. The first-order chi connectivity index (χ1) is 11.0. The summed E-state index contributed by atoms with van der Waals surface area (Å²) in [5.41, 5.74) is 6.44. The number of aromatic nitrogens is 1. The Hall–Kier alpha value is -2.03. The predicted octanol–water partition coefficient (Wildman–Crippen LogP) is 3.50. The van der Waals surface area contributed by atoms with Crippen LogP contribution in [0.1, 0.15) is 41.4 Å². The van der Waals surface area contributed by atoms with Gasteiger partial charge in [-0.2, -0.15) is 0 Å². The fraction of sp³-hybridized carbons (Fsp3) is 0.450. The van der Waals surface area contributed by atoms with E-state index in [-0.39, 0.29) is 5.91 Å². The summed E-state index contributed by atoms with van der Waals surface area (Å²) < 4.78 is 2.19. The molecule has 1 heterocycles. The molecule has 1 amide bonds. The number of nitrogens with zero attached hydrogens (tertiary/aromatic N) is 1. The second kappa shape index (κ2) is 8.00. The van der Waals surface area contributed by atoms with Gasteiger partial charge in [0.05, 0.1) is 0 Å². The molecule has 0 bridgehead atoms. The first-order valence-electron chi connectivity index (χ1n) is 8.47. The highest BCUT2D eigenvalue weighted by molar-refractivity contribution is 5.76. The van der Waals surface area contributed by atoms with E-state index >= 15 is 0 Å². The highest BCUT2D eigenvalue weighted by atomic mass is 16.1. The van der Waals surface area contributed by atoms with E-state index < -0.39 is 0 Å². The van der Waals surface area contributed by atoms with Gasteiger partial charge in [0.25, 0.3) is 0 Å². The SMILES string of the molecule is CCc1ccc(CCC(=O)NCCc2cc(C)n(C)c2C)cc1. The van der Waals surface area contributed by atoms with Crippen molar-refractivity contribution in [1.82, 2.24) is 9.88 Å². The zero-order valence-electron chi connectivity index (χ0n) is 14.8. The van der Waals surface area contributed by atoms with Crippen molar-refractivity contribution in [2.24, 2.45) is 7.05 Å². The smallest absolute Gasteiger partial charge is 0.220 e. The lowest BCUT2D eigenvalue weighted by molar-refractivity contribution is -0.121. The van der Waals surface area contributed by atoms with Crippen LogP contribution < -0.4 is 5.32 Å². The van der Waals surface area contributed by atoms with E-state index in [2.05, 4.69) is 68.0 Å². The van der Waals surface area contributed by atoms with E-state index in [1.54, 1.807) is 0 Å². The van der Waals surface area contributed by atoms with Gasteiger partial charge in [-0.3, -0.25) is 4.79 Å². The summed E-state index contributed by atoms with van der Waals surface area (Å²) in [5, 5.41) is 3.03. The average Bonchev–Trinajstić information content (AvgIpc) is 2.80. The normalized spacial score (nSPS) is 10.8. The van der Waals surface area contributed by atoms with Crippen LogP contribution in [0.4, 0.5) is 0 Å². The Balaban J connectivity index is 1.73. The zero-order valence-corrected chi connectivity index (χ0v) is 14.8. The number of rotatable bonds is 7. The van der Waals surface area contributed by atoms with Crippen molar-refractivity contribution < 1.29 is 4.79 Å². The molecule has 0 spiro atoms. The van der Waals surface area contributed by atoms with Crippen LogP contribution in [0.3, 0.4) is 0 Å². The second-order valence-electron chi connectivity index (χ2n) is 6.23. The molecule has 3 nitrogen and oxygen atoms in total. The molecule has 0 aliphatic rings. The highest BCUT2D eigenvalue weighted by Gasteiger charge is 2.07. The van der Waals surface area contributed by atoms with Gasteiger partial charge >= 0.3 is 0 Å². The Labute approximate surface area is 139 Å². The molecule has 2 rings (SSSR count). The Morgan fingerprint density at radius 3 is 2.30 bits per heavy atom. The number of amides is 1. The molecule has 0 atom stereocenters. The minimum Gasteiger partial charge on any atom is -0.356 e. The lowest BCUT2D eigenvalue weighted by Gasteiger charge is -2.06. The molecule has 0 radical (unpaired) electrons. The van der Waals surface area contributed by atoms with Gasteiger partial charge in [-0.15, -0.1) is 0 Å². The van der Waals surface area contributed by atoms with Crippen molar-refractivity contribution >= 4 is 5.91 Å². The van der Waals surface area contributed by atoms with E-state index in [0.29, 0.717) is 13.0 Å². The van der Waals surface area contributed by atoms with Gasteiger partial charge in [-0.25, -0.2) is 0 Å². The maximum Gasteiger partial charge on any atom is 0.220 e. The topological polar surface area (TPSA) is 34.0 Å². The first kappa shape index (κ1) is 17.3. The summed E-state index contributed by atoms with van der Waals surface area (Å²) in [4.78, 5) is 12.0. The Morgan fingerprint density at radius 2 is 1.74 bits per heavy atom. The zero-order chi connectivity index (χ0) is 16.8. The molecule has 1 N–H and O–H groups in total. The molecular weight excluding hydrogens is 284 g/mol. The van der Waals surface area contributed by atoms with Gasteiger partial charge < -0.3 is 9.88 Å². The molecule has 0 saturated heterocycles.